The number of nitrogens with zero attached hydrogens (tertiary/aromatic N) is 4. The molecule has 0 spiro atoms. The minimum atomic E-state index is -0.525. The van der Waals surface area contributed by atoms with Crippen LogP contribution in [0.3, 0.4) is 0 Å². The minimum absolute atomic E-state index is 0.125. The van der Waals surface area contributed by atoms with Crippen molar-refractivity contribution in [1.82, 2.24) is 0 Å². The van der Waals surface area contributed by atoms with E-state index in [4.69, 9.17) is 14.2 Å². The Morgan fingerprint density at radius 1 is 1.09 bits per heavy atom. The van der Waals surface area contributed by atoms with Gasteiger partial charge in [-0.1, -0.05) is 0 Å². The van der Waals surface area contributed by atoms with Crippen molar-refractivity contribution in [2.24, 2.45) is 10.2 Å². The van der Waals surface area contributed by atoms with Gasteiger partial charge in [-0.05, 0) is 32.4 Å². The Balaban J connectivity index is 2.32. The third kappa shape index (κ3) is 6.88. The molecule has 0 aliphatic rings. The SMILES string of the molecule is CCOC(=O)CCCN(CC)c1cc(CO)c(N=Nc2ccc([N+](=O)[O-])cc2OC)cc1OC. The first-order valence-electron chi connectivity index (χ1n) is 10.8. The molecule has 0 heterocycles. The second kappa shape index (κ2) is 13.1. The van der Waals surface area contributed by atoms with Crippen LogP contribution in [0.5, 0.6) is 11.5 Å². The Labute approximate surface area is 198 Å². The predicted molar refractivity (Wildman–Crippen MR) is 126 cm³/mol. The van der Waals surface area contributed by atoms with Crippen LogP contribution in [0.25, 0.3) is 0 Å². The van der Waals surface area contributed by atoms with Crippen molar-refractivity contribution in [3.8, 4) is 11.5 Å². The highest BCUT2D eigenvalue weighted by Crippen LogP contribution is 2.38. The topological polar surface area (TPSA) is 136 Å². The molecule has 0 bridgehead atoms. The van der Waals surface area contributed by atoms with Gasteiger partial charge in [0.25, 0.3) is 5.69 Å². The molecule has 0 amide bonds. The second-order valence-corrected chi connectivity index (χ2v) is 7.11. The first kappa shape index (κ1) is 26.5. The second-order valence-electron chi connectivity index (χ2n) is 7.11. The largest absolute Gasteiger partial charge is 0.495 e. The molecule has 2 rings (SSSR count). The van der Waals surface area contributed by atoms with Crippen molar-refractivity contribution in [3.05, 3.63) is 46.0 Å². The molecule has 0 radical (unpaired) electrons. The summed E-state index contributed by atoms with van der Waals surface area (Å²) in [7, 11) is 2.92. The highest BCUT2D eigenvalue weighted by Gasteiger charge is 2.17. The van der Waals surface area contributed by atoms with Crippen molar-refractivity contribution in [1.29, 1.82) is 0 Å². The van der Waals surface area contributed by atoms with Crippen LogP contribution in [0.2, 0.25) is 0 Å². The van der Waals surface area contributed by atoms with E-state index in [-0.39, 0.29) is 24.0 Å². The summed E-state index contributed by atoms with van der Waals surface area (Å²) < 4.78 is 15.7. The number of hydrogen-bond acceptors (Lipinski definition) is 10. The van der Waals surface area contributed by atoms with Crippen LogP contribution in [-0.2, 0) is 16.1 Å². The lowest BCUT2D eigenvalue weighted by atomic mass is 10.1. The van der Waals surface area contributed by atoms with Gasteiger partial charge in [-0.2, -0.15) is 0 Å². The molecule has 11 nitrogen and oxygen atoms in total. The number of nitro groups is 1. The summed E-state index contributed by atoms with van der Waals surface area (Å²) in [6.45, 7) is 5.07. The van der Waals surface area contributed by atoms with Gasteiger partial charge in [0, 0.05) is 37.2 Å². The number of anilines is 1. The molecular weight excluding hydrogens is 444 g/mol. The smallest absolute Gasteiger partial charge is 0.305 e. The van der Waals surface area contributed by atoms with Crippen LogP contribution in [-0.4, -0.2) is 49.9 Å². The van der Waals surface area contributed by atoms with Crippen molar-refractivity contribution >= 4 is 28.7 Å². The standard InChI is InChI=1S/C23H30N4O7/c1-5-26(11-7-8-23(29)34-6-2)20-12-16(15-28)19(14-22(20)33-4)25-24-18-10-9-17(27(30)31)13-21(18)32-3/h9-10,12-14,28H,5-8,11,15H2,1-4H3. The van der Waals surface area contributed by atoms with Crippen LogP contribution in [0, 0.1) is 10.1 Å². The maximum atomic E-state index is 11.6. The van der Waals surface area contributed by atoms with E-state index in [1.165, 1.54) is 32.4 Å². The molecule has 0 aromatic heterocycles. The summed E-state index contributed by atoms with van der Waals surface area (Å²) >= 11 is 0. The predicted octanol–water partition coefficient (Wildman–Crippen LogP) is 4.69. The molecule has 0 aliphatic heterocycles. The highest BCUT2D eigenvalue weighted by molar-refractivity contribution is 5.70. The lowest BCUT2D eigenvalue weighted by Crippen LogP contribution is -2.25. The third-order valence-electron chi connectivity index (χ3n) is 5.03. The summed E-state index contributed by atoms with van der Waals surface area (Å²) in [5.41, 5.74) is 1.83. The van der Waals surface area contributed by atoms with Gasteiger partial charge in [-0.25, -0.2) is 0 Å². The quantitative estimate of drug-likeness (QED) is 0.191. The van der Waals surface area contributed by atoms with Gasteiger partial charge < -0.3 is 24.2 Å². The normalized spacial score (nSPS) is 10.9. The molecule has 2 aromatic carbocycles. The molecule has 11 heteroatoms. The van der Waals surface area contributed by atoms with Crippen molar-refractivity contribution in [2.45, 2.75) is 33.3 Å². The van der Waals surface area contributed by atoms with Crippen molar-refractivity contribution < 1.29 is 29.0 Å². The van der Waals surface area contributed by atoms with Gasteiger partial charge in [0.15, 0.2) is 5.75 Å². The molecule has 2 aromatic rings. The molecular formula is C23H30N4O7. The Bertz CT molecular complexity index is 1030. The van der Waals surface area contributed by atoms with Crippen LogP contribution >= 0.6 is 0 Å². The van der Waals surface area contributed by atoms with Crippen LogP contribution in [0.15, 0.2) is 40.6 Å². The summed E-state index contributed by atoms with van der Waals surface area (Å²) in [5, 5.41) is 29.3. The monoisotopic (exact) mass is 474 g/mol. The van der Waals surface area contributed by atoms with E-state index in [1.807, 2.05) is 11.8 Å². The molecule has 184 valence electrons. The van der Waals surface area contributed by atoms with Gasteiger partial charge in [-0.15, -0.1) is 10.2 Å². The van der Waals surface area contributed by atoms with Crippen molar-refractivity contribution in [2.75, 3.05) is 38.8 Å². The number of azo groups is 1. The van der Waals surface area contributed by atoms with E-state index >= 15 is 0 Å². The van der Waals surface area contributed by atoms with E-state index in [9.17, 15) is 20.0 Å². The third-order valence-corrected chi connectivity index (χ3v) is 5.03. The van der Waals surface area contributed by atoms with Crippen LogP contribution in [0.1, 0.15) is 32.3 Å². The van der Waals surface area contributed by atoms with Crippen molar-refractivity contribution in [3.63, 3.8) is 0 Å². The zero-order valence-electron chi connectivity index (χ0n) is 19.8. The zero-order chi connectivity index (χ0) is 25.1. The molecule has 0 saturated heterocycles. The van der Waals surface area contributed by atoms with Gasteiger partial charge in [0.1, 0.15) is 11.4 Å². The van der Waals surface area contributed by atoms with E-state index in [0.717, 1.165) is 5.69 Å². The molecule has 0 unspecified atom stereocenters. The molecule has 0 saturated carbocycles. The number of benzene rings is 2. The number of nitro benzene ring substituents is 1. The summed E-state index contributed by atoms with van der Waals surface area (Å²) in [6.07, 6.45) is 0.911. The Morgan fingerprint density at radius 2 is 1.79 bits per heavy atom. The highest BCUT2D eigenvalue weighted by atomic mass is 16.6. The van der Waals surface area contributed by atoms with E-state index in [1.54, 1.807) is 19.1 Å². The number of carbonyl (C=O) groups is 1. The summed E-state index contributed by atoms with van der Waals surface area (Å²) in [4.78, 5) is 24.1. The fourth-order valence-corrected chi connectivity index (χ4v) is 3.30. The molecule has 0 aliphatic carbocycles. The number of aliphatic hydroxyl groups excluding tert-OH is 1. The number of aliphatic hydroxyl groups is 1. The maximum Gasteiger partial charge on any atom is 0.305 e. The molecule has 1 N–H and O–H groups in total. The minimum Gasteiger partial charge on any atom is -0.495 e. The average Bonchev–Trinajstić information content (AvgIpc) is 2.84. The number of esters is 1. The number of methoxy groups -OCH3 is 2. The number of non-ortho nitro benzene ring substituents is 1. The Kier molecular flexibility index (Phi) is 10.2. The number of ether oxygens (including phenoxy) is 3. The fourth-order valence-electron chi connectivity index (χ4n) is 3.30. The van der Waals surface area contributed by atoms with E-state index < -0.39 is 4.92 Å². The maximum absolute atomic E-state index is 11.6. The van der Waals surface area contributed by atoms with E-state index in [2.05, 4.69) is 10.2 Å². The van der Waals surface area contributed by atoms with Crippen LogP contribution in [0.4, 0.5) is 22.7 Å². The van der Waals surface area contributed by atoms with Gasteiger partial charge >= 0.3 is 5.97 Å². The first-order valence-corrected chi connectivity index (χ1v) is 10.8. The van der Waals surface area contributed by atoms with Gasteiger partial charge in [0.2, 0.25) is 0 Å². The van der Waals surface area contributed by atoms with E-state index in [0.29, 0.717) is 55.2 Å². The van der Waals surface area contributed by atoms with Gasteiger partial charge in [0.05, 0.1) is 49.8 Å². The number of rotatable bonds is 13. The molecule has 0 fully saturated rings. The summed E-state index contributed by atoms with van der Waals surface area (Å²) in [5.74, 6) is 0.490. The molecule has 34 heavy (non-hydrogen) atoms. The lowest BCUT2D eigenvalue weighted by molar-refractivity contribution is -0.384. The first-order chi connectivity index (χ1) is 16.4. The number of hydrogen-bond donors (Lipinski definition) is 1. The fraction of sp³-hybridized carbons (Fsp3) is 0.435. The van der Waals surface area contributed by atoms with Gasteiger partial charge in [-0.3, -0.25) is 14.9 Å². The summed E-state index contributed by atoms with van der Waals surface area (Å²) in [6, 6.07) is 7.45. The Morgan fingerprint density at radius 3 is 2.38 bits per heavy atom. The number of carbonyl (C=O) groups excluding carboxylic acids is 1. The van der Waals surface area contributed by atoms with Crippen LogP contribution < -0.4 is 14.4 Å². The average molecular weight is 475 g/mol. The lowest BCUT2D eigenvalue weighted by Gasteiger charge is -2.26. The zero-order valence-corrected chi connectivity index (χ0v) is 19.8. The molecule has 0 atom stereocenters. The Hall–Kier alpha value is -3.73.